The third-order valence-electron chi connectivity index (χ3n) is 3.19. The zero-order valence-corrected chi connectivity index (χ0v) is 12.3. The largest absolute Gasteiger partial charge is 0.486 e. The lowest BCUT2D eigenvalue weighted by atomic mass is 10.2. The number of benzene rings is 2. The number of hydrogen-bond acceptors (Lipinski definition) is 4. The van der Waals surface area contributed by atoms with Gasteiger partial charge in [0, 0.05) is 0 Å². The van der Waals surface area contributed by atoms with E-state index < -0.39 is 21.9 Å². The van der Waals surface area contributed by atoms with Gasteiger partial charge in [-0.1, -0.05) is 24.3 Å². The molecule has 1 atom stereocenters. The maximum absolute atomic E-state index is 13.6. The number of ether oxygens (including phenoxy) is 2. The first kappa shape index (κ1) is 14.8. The molecule has 0 spiro atoms. The minimum absolute atomic E-state index is 0.00893. The van der Waals surface area contributed by atoms with E-state index in [4.69, 9.17) is 9.47 Å². The predicted molar refractivity (Wildman–Crippen MR) is 77.9 cm³/mol. The molecule has 1 aliphatic rings. The standard InChI is InChI=1S/C15H14FNO4S/c16-12-5-1-4-8-15(12)22(18,19)17-9-11-10-20-13-6-2-3-7-14(13)21-11/h1-8,11,17H,9-10H2/t11-/m1/s1. The van der Waals surface area contributed by atoms with Crippen LogP contribution in [0.1, 0.15) is 0 Å². The van der Waals surface area contributed by atoms with Gasteiger partial charge in [-0.2, -0.15) is 0 Å². The molecule has 0 unspecified atom stereocenters. The maximum atomic E-state index is 13.6. The first-order chi connectivity index (χ1) is 10.6. The number of hydrogen-bond donors (Lipinski definition) is 1. The summed E-state index contributed by atoms with van der Waals surface area (Å²) in [5.74, 6) is 0.390. The van der Waals surface area contributed by atoms with Crippen LogP contribution in [-0.4, -0.2) is 27.7 Å². The fraction of sp³-hybridized carbons (Fsp3) is 0.200. The predicted octanol–water partition coefficient (Wildman–Crippen LogP) is 1.94. The Hall–Kier alpha value is -2.12. The van der Waals surface area contributed by atoms with Crippen molar-refractivity contribution in [2.45, 2.75) is 11.0 Å². The second-order valence-electron chi connectivity index (χ2n) is 4.78. The Kier molecular flexibility index (Phi) is 4.00. The van der Waals surface area contributed by atoms with Crippen molar-refractivity contribution in [2.75, 3.05) is 13.2 Å². The molecule has 2 aromatic rings. The van der Waals surface area contributed by atoms with E-state index in [0.29, 0.717) is 11.5 Å². The van der Waals surface area contributed by atoms with Gasteiger partial charge in [0.15, 0.2) is 11.5 Å². The quantitative estimate of drug-likeness (QED) is 0.934. The molecule has 116 valence electrons. The van der Waals surface area contributed by atoms with Gasteiger partial charge in [-0.05, 0) is 24.3 Å². The number of rotatable bonds is 4. The summed E-state index contributed by atoms with van der Waals surface area (Å²) in [6.07, 6.45) is -0.476. The summed E-state index contributed by atoms with van der Waals surface area (Å²) in [7, 11) is -3.93. The summed E-state index contributed by atoms with van der Waals surface area (Å²) in [6, 6.07) is 12.4. The van der Waals surface area contributed by atoms with Crippen molar-refractivity contribution < 1.29 is 22.3 Å². The number of para-hydroxylation sites is 2. The molecule has 3 rings (SSSR count). The normalized spacial score (nSPS) is 17.2. The number of nitrogens with one attached hydrogen (secondary N) is 1. The number of fused-ring (bicyclic) bond motifs is 1. The van der Waals surface area contributed by atoms with Gasteiger partial charge in [0.05, 0.1) is 6.54 Å². The lowest BCUT2D eigenvalue weighted by Crippen LogP contribution is -2.40. The Morgan fingerprint density at radius 1 is 1.09 bits per heavy atom. The SMILES string of the molecule is O=S(=O)(NC[C@@H]1COc2ccccc2O1)c1ccccc1F. The molecule has 0 fully saturated rings. The minimum atomic E-state index is -3.93. The summed E-state index contributed by atoms with van der Waals surface area (Å²) in [4.78, 5) is -0.382. The van der Waals surface area contributed by atoms with E-state index in [0.717, 1.165) is 6.07 Å². The average Bonchev–Trinajstić information content (AvgIpc) is 2.53. The van der Waals surface area contributed by atoms with Gasteiger partial charge in [0.2, 0.25) is 10.0 Å². The molecular weight excluding hydrogens is 309 g/mol. The maximum Gasteiger partial charge on any atom is 0.243 e. The molecule has 0 aromatic heterocycles. The van der Waals surface area contributed by atoms with E-state index in [1.54, 1.807) is 18.2 Å². The van der Waals surface area contributed by atoms with E-state index in [2.05, 4.69) is 4.72 Å². The van der Waals surface area contributed by atoms with Crippen molar-refractivity contribution in [1.82, 2.24) is 4.72 Å². The first-order valence-corrected chi connectivity index (χ1v) is 8.17. The Labute approximate surface area is 127 Å². The molecule has 0 saturated heterocycles. The van der Waals surface area contributed by atoms with Crippen molar-refractivity contribution in [3.05, 3.63) is 54.3 Å². The highest BCUT2D eigenvalue weighted by molar-refractivity contribution is 7.89. The fourth-order valence-corrected chi connectivity index (χ4v) is 3.25. The van der Waals surface area contributed by atoms with Gasteiger partial charge < -0.3 is 9.47 Å². The zero-order valence-electron chi connectivity index (χ0n) is 11.5. The molecule has 7 heteroatoms. The average molecular weight is 323 g/mol. The van der Waals surface area contributed by atoms with Crippen molar-refractivity contribution in [3.63, 3.8) is 0 Å². The van der Waals surface area contributed by atoms with Crippen LogP contribution in [0.3, 0.4) is 0 Å². The number of sulfonamides is 1. The van der Waals surface area contributed by atoms with Crippen LogP contribution in [0.5, 0.6) is 11.5 Å². The third kappa shape index (κ3) is 3.05. The Bertz CT molecular complexity index is 779. The molecule has 0 bridgehead atoms. The highest BCUT2D eigenvalue weighted by Gasteiger charge is 2.24. The molecule has 1 heterocycles. The van der Waals surface area contributed by atoms with E-state index in [9.17, 15) is 12.8 Å². The summed E-state index contributed by atoms with van der Waals surface area (Å²) in [5, 5.41) is 0. The Morgan fingerprint density at radius 3 is 2.55 bits per heavy atom. The van der Waals surface area contributed by atoms with Crippen LogP contribution < -0.4 is 14.2 Å². The van der Waals surface area contributed by atoms with E-state index in [1.807, 2.05) is 6.07 Å². The zero-order chi connectivity index (χ0) is 15.6. The van der Waals surface area contributed by atoms with Gasteiger partial charge in [-0.3, -0.25) is 0 Å². The van der Waals surface area contributed by atoms with E-state index in [-0.39, 0.29) is 18.0 Å². The lowest BCUT2D eigenvalue weighted by Gasteiger charge is -2.26. The molecule has 1 N–H and O–H groups in total. The molecule has 2 aromatic carbocycles. The molecule has 0 amide bonds. The first-order valence-electron chi connectivity index (χ1n) is 6.69. The number of halogens is 1. The topological polar surface area (TPSA) is 64.6 Å². The lowest BCUT2D eigenvalue weighted by molar-refractivity contribution is 0.0943. The molecule has 5 nitrogen and oxygen atoms in total. The van der Waals surface area contributed by atoms with Gasteiger partial charge >= 0.3 is 0 Å². The molecular formula is C15H14FNO4S. The van der Waals surface area contributed by atoms with Crippen LogP contribution in [0.15, 0.2) is 53.4 Å². The van der Waals surface area contributed by atoms with Crippen LogP contribution in [0.4, 0.5) is 4.39 Å². The Balaban J connectivity index is 1.67. The Morgan fingerprint density at radius 2 is 1.77 bits per heavy atom. The second kappa shape index (κ2) is 5.94. The van der Waals surface area contributed by atoms with Crippen molar-refractivity contribution in [2.24, 2.45) is 0 Å². The highest BCUT2D eigenvalue weighted by Crippen LogP contribution is 2.30. The fourth-order valence-electron chi connectivity index (χ4n) is 2.11. The molecule has 0 saturated carbocycles. The monoisotopic (exact) mass is 323 g/mol. The van der Waals surface area contributed by atoms with Crippen LogP contribution in [0.2, 0.25) is 0 Å². The molecule has 0 aliphatic carbocycles. The summed E-state index contributed by atoms with van der Waals surface area (Å²) < 4.78 is 51.2. The molecule has 22 heavy (non-hydrogen) atoms. The van der Waals surface area contributed by atoms with Crippen LogP contribution in [-0.2, 0) is 10.0 Å². The highest BCUT2D eigenvalue weighted by atomic mass is 32.2. The van der Waals surface area contributed by atoms with Crippen LogP contribution in [0.25, 0.3) is 0 Å². The molecule has 0 radical (unpaired) electrons. The van der Waals surface area contributed by atoms with Crippen LogP contribution in [0, 0.1) is 5.82 Å². The minimum Gasteiger partial charge on any atom is -0.486 e. The van der Waals surface area contributed by atoms with Crippen LogP contribution >= 0.6 is 0 Å². The van der Waals surface area contributed by atoms with Crippen molar-refractivity contribution in [1.29, 1.82) is 0 Å². The summed E-state index contributed by atoms with van der Waals surface area (Å²) in [6.45, 7) is 0.210. The van der Waals surface area contributed by atoms with Gasteiger partial charge in [-0.25, -0.2) is 17.5 Å². The van der Waals surface area contributed by atoms with Crippen molar-refractivity contribution in [3.8, 4) is 11.5 Å². The summed E-state index contributed by atoms with van der Waals surface area (Å²) >= 11 is 0. The third-order valence-corrected chi connectivity index (χ3v) is 4.65. The van der Waals surface area contributed by atoms with Gasteiger partial charge in [0.1, 0.15) is 23.4 Å². The summed E-state index contributed by atoms with van der Waals surface area (Å²) in [5.41, 5.74) is 0. The molecule has 1 aliphatic heterocycles. The van der Waals surface area contributed by atoms with Crippen molar-refractivity contribution >= 4 is 10.0 Å². The van der Waals surface area contributed by atoms with E-state index >= 15 is 0 Å². The van der Waals surface area contributed by atoms with Gasteiger partial charge in [0.25, 0.3) is 0 Å². The van der Waals surface area contributed by atoms with Gasteiger partial charge in [-0.15, -0.1) is 0 Å². The smallest absolute Gasteiger partial charge is 0.243 e. The van der Waals surface area contributed by atoms with E-state index in [1.165, 1.54) is 18.2 Å². The second-order valence-corrected chi connectivity index (χ2v) is 6.52.